The molecule has 0 bridgehead atoms. The summed E-state index contributed by atoms with van der Waals surface area (Å²) < 4.78 is 0. The second-order valence-electron chi connectivity index (χ2n) is 2.83. The van der Waals surface area contributed by atoms with Crippen LogP contribution >= 0.6 is 11.3 Å². The molecule has 0 aliphatic carbocycles. The van der Waals surface area contributed by atoms with E-state index < -0.39 is 5.97 Å². The van der Waals surface area contributed by atoms with Crippen LogP contribution in [0, 0.1) is 0 Å². The molecule has 0 unspecified atom stereocenters. The van der Waals surface area contributed by atoms with Crippen LogP contribution < -0.4 is 5.73 Å². The number of carbonyl (C=O) groups is 1. The van der Waals surface area contributed by atoms with Gasteiger partial charge in [-0.3, -0.25) is 9.78 Å². The number of aliphatic carboxylic acids is 1. The Morgan fingerprint density at radius 2 is 2.31 bits per heavy atom. The molecule has 2 aromatic rings. The average molecular weight is 237 g/mol. The Morgan fingerprint density at radius 3 is 2.69 bits per heavy atom. The Kier molecular flexibility index (Phi) is 4.94. The van der Waals surface area contributed by atoms with Gasteiger partial charge in [0, 0.05) is 12.4 Å². The van der Waals surface area contributed by atoms with Crippen LogP contribution in [0.25, 0.3) is 0 Å². The van der Waals surface area contributed by atoms with Crippen molar-refractivity contribution in [2.24, 2.45) is 0 Å². The molecule has 0 aliphatic rings. The van der Waals surface area contributed by atoms with Gasteiger partial charge in [-0.1, -0.05) is 0 Å². The zero-order chi connectivity index (χ0) is 11.8. The normalized spacial score (nSPS) is 9.00. The number of carboxylic acids is 1. The fraction of sp³-hybridized carbons (Fsp3) is 0.100. The molecule has 0 radical (unpaired) electrons. The summed E-state index contributed by atoms with van der Waals surface area (Å²) in [7, 11) is 0. The third-order valence-electron chi connectivity index (χ3n) is 1.52. The van der Waals surface area contributed by atoms with Crippen LogP contribution in [-0.4, -0.2) is 21.0 Å². The molecular formula is C10H11N3O2S. The Morgan fingerprint density at radius 1 is 1.50 bits per heavy atom. The summed E-state index contributed by atoms with van der Waals surface area (Å²) in [6.45, 7) is 0. The molecular weight excluding hydrogens is 226 g/mol. The van der Waals surface area contributed by atoms with Crippen LogP contribution in [-0.2, 0) is 11.2 Å². The number of anilines is 1. The molecule has 0 saturated heterocycles. The zero-order valence-electron chi connectivity index (χ0n) is 8.41. The van der Waals surface area contributed by atoms with Gasteiger partial charge in [-0.25, -0.2) is 4.98 Å². The first-order valence-corrected chi connectivity index (χ1v) is 5.37. The summed E-state index contributed by atoms with van der Waals surface area (Å²) in [6.07, 6.45) is 4.77. The third-order valence-corrected chi connectivity index (χ3v) is 2.25. The maximum absolute atomic E-state index is 10.1. The van der Waals surface area contributed by atoms with Crippen molar-refractivity contribution in [2.45, 2.75) is 6.42 Å². The highest BCUT2D eigenvalue weighted by atomic mass is 32.1. The molecule has 0 fully saturated rings. The van der Waals surface area contributed by atoms with Gasteiger partial charge < -0.3 is 10.8 Å². The minimum atomic E-state index is -0.770. The molecule has 2 aromatic heterocycles. The lowest BCUT2D eigenvalue weighted by Crippen LogP contribution is -1.97. The van der Waals surface area contributed by atoms with E-state index in [-0.39, 0.29) is 6.42 Å². The van der Waals surface area contributed by atoms with Gasteiger partial charge in [0.05, 0.1) is 12.6 Å². The van der Waals surface area contributed by atoms with Crippen molar-refractivity contribution in [3.63, 3.8) is 0 Å². The Bertz CT molecular complexity index is 417. The second-order valence-corrected chi connectivity index (χ2v) is 3.61. The molecule has 6 heteroatoms. The smallest absolute Gasteiger partial charge is 0.307 e. The summed E-state index contributed by atoms with van der Waals surface area (Å²) in [5, 5.41) is 12.0. The fourth-order valence-electron chi connectivity index (χ4n) is 0.878. The summed E-state index contributed by atoms with van der Waals surface area (Å²) >= 11 is 1.52. The quantitative estimate of drug-likeness (QED) is 0.824. The van der Waals surface area contributed by atoms with Crippen molar-refractivity contribution < 1.29 is 9.90 Å². The number of nitrogen functional groups attached to an aromatic ring is 1. The standard InChI is InChI=1S/C6H6O2S.C4H5N3/c7-6(8)3-5-1-2-9-4-5;5-4-3-6-1-2-7-4/h1-2,4H,3H2,(H,7,8);1-3H,(H2,5,7). The van der Waals surface area contributed by atoms with E-state index in [0.29, 0.717) is 5.82 Å². The predicted octanol–water partition coefficient (Wildman–Crippen LogP) is 1.43. The minimum absolute atomic E-state index is 0.142. The molecule has 0 spiro atoms. The summed E-state index contributed by atoms with van der Waals surface area (Å²) in [4.78, 5) is 17.5. The fourth-order valence-corrected chi connectivity index (χ4v) is 1.55. The topological polar surface area (TPSA) is 89.1 Å². The number of nitrogens with two attached hydrogens (primary N) is 1. The Labute approximate surface area is 96.6 Å². The van der Waals surface area contributed by atoms with Gasteiger partial charge in [0.2, 0.25) is 0 Å². The maximum Gasteiger partial charge on any atom is 0.307 e. The van der Waals surface area contributed by atoms with Crippen LogP contribution in [0.1, 0.15) is 5.56 Å². The summed E-state index contributed by atoms with van der Waals surface area (Å²) in [5.74, 6) is -0.309. The van der Waals surface area contributed by atoms with E-state index in [1.165, 1.54) is 17.5 Å². The van der Waals surface area contributed by atoms with E-state index in [4.69, 9.17) is 10.8 Å². The molecule has 2 rings (SSSR count). The second kappa shape index (κ2) is 6.52. The monoisotopic (exact) mass is 237 g/mol. The molecule has 0 amide bonds. The van der Waals surface area contributed by atoms with Crippen molar-refractivity contribution in [3.05, 3.63) is 41.0 Å². The molecule has 84 valence electrons. The first-order valence-electron chi connectivity index (χ1n) is 4.43. The van der Waals surface area contributed by atoms with Crippen molar-refractivity contribution in [1.82, 2.24) is 9.97 Å². The van der Waals surface area contributed by atoms with Gasteiger partial charge in [0.1, 0.15) is 5.82 Å². The molecule has 0 atom stereocenters. The SMILES string of the molecule is Nc1cnccn1.O=C(O)Cc1ccsc1. The first kappa shape index (κ1) is 12.1. The summed E-state index contributed by atoms with van der Waals surface area (Å²) in [6, 6.07) is 1.82. The number of hydrogen-bond donors (Lipinski definition) is 2. The Balaban J connectivity index is 0.000000165. The number of thiophene rings is 1. The molecule has 2 heterocycles. The lowest BCUT2D eigenvalue weighted by atomic mass is 10.2. The Hall–Kier alpha value is -1.95. The van der Waals surface area contributed by atoms with Crippen LogP contribution in [0.4, 0.5) is 5.82 Å². The highest BCUT2D eigenvalue weighted by Crippen LogP contribution is 2.05. The van der Waals surface area contributed by atoms with Crippen molar-refractivity contribution in [3.8, 4) is 0 Å². The lowest BCUT2D eigenvalue weighted by Gasteiger charge is -1.85. The number of nitrogens with zero attached hydrogens (tertiary/aromatic N) is 2. The molecule has 5 nitrogen and oxygen atoms in total. The number of rotatable bonds is 2. The van der Waals surface area contributed by atoms with Crippen LogP contribution in [0.15, 0.2) is 35.4 Å². The molecule has 16 heavy (non-hydrogen) atoms. The molecule has 0 saturated carbocycles. The summed E-state index contributed by atoms with van der Waals surface area (Å²) in [5.41, 5.74) is 6.07. The van der Waals surface area contributed by atoms with Gasteiger partial charge in [-0.2, -0.15) is 11.3 Å². The molecule has 3 N–H and O–H groups in total. The van der Waals surface area contributed by atoms with Crippen LogP contribution in [0.2, 0.25) is 0 Å². The van der Waals surface area contributed by atoms with E-state index in [0.717, 1.165) is 5.56 Å². The average Bonchev–Trinajstić information content (AvgIpc) is 2.71. The van der Waals surface area contributed by atoms with Crippen molar-refractivity contribution in [2.75, 3.05) is 5.73 Å². The maximum atomic E-state index is 10.1. The van der Waals surface area contributed by atoms with E-state index in [9.17, 15) is 4.79 Å². The van der Waals surface area contributed by atoms with E-state index in [1.807, 2.05) is 16.8 Å². The largest absolute Gasteiger partial charge is 0.481 e. The zero-order valence-corrected chi connectivity index (χ0v) is 9.22. The van der Waals surface area contributed by atoms with E-state index in [2.05, 4.69) is 9.97 Å². The number of hydrogen-bond acceptors (Lipinski definition) is 5. The highest BCUT2D eigenvalue weighted by Gasteiger charge is 1.97. The van der Waals surface area contributed by atoms with E-state index >= 15 is 0 Å². The number of aromatic nitrogens is 2. The highest BCUT2D eigenvalue weighted by molar-refractivity contribution is 7.07. The predicted molar refractivity (Wildman–Crippen MR) is 62.1 cm³/mol. The van der Waals surface area contributed by atoms with E-state index in [1.54, 1.807) is 12.4 Å². The number of carboxylic acid groups (broad SMARTS) is 1. The van der Waals surface area contributed by atoms with Gasteiger partial charge in [0.25, 0.3) is 0 Å². The first-order chi connectivity index (χ1) is 7.68. The van der Waals surface area contributed by atoms with Crippen molar-refractivity contribution >= 4 is 23.1 Å². The van der Waals surface area contributed by atoms with Crippen LogP contribution in [0.5, 0.6) is 0 Å². The van der Waals surface area contributed by atoms with Crippen molar-refractivity contribution in [1.29, 1.82) is 0 Å². The minimum Gasteiger partial charge on any atom is -0.481 e. The molecule has 0 aromatic carbocycles. The van der Waals surface area contributed by atoms with Gasteiger partial charge in [-0.05, 0) is 22.4 Å². The lowest BCUT2D eigenvalue weighted by molar-refractivity contribution is -0.136. The third kappa shape index (κ3) is 5.06. The van der Waals surface area contributed by atoms with Gasteiger partial charge in [0.15, 0.2) is 0 Å². The van der Waals surface area contributed by atoms with Gasteiger partial charge >= 0.3 is 5.97 Å². The molecule has 0 aliphatic heterocycles. The van der Waals surface area contributed by atoms with Gasteiger partial charge in [-0.15, -0.1) is 0 Å². The van der Waals surface area contributed by atoms with Crippen LogP contribution in [0.3, 0.4) is 0 Å².